The van der Waals surface area contributed by atoms with Gasteiger partial charge in [-0.05, 0) is 26.3 Å². The molecule has 1 saturated heterocycles. The van der Waals surface area contributed by atoms with Crippen molar-refractivity contribution in [1.29, 1.82) is 0 Å². The lowest BCUT2D eigenvalue weighted by Crippen LogP contribution is -2.48. The monoisotopic (exact) mass is 332 g/mol. The summed E-state index contributed by atoms with van der Waals surface area (Å²) in [7, 11) is 0. The van der Waals surface area contributed by atoms with E-state index in [0.29, 0.717) is 19.4 Å². The minimum atomic E-state index is -4.42. The van der Waals surface area contributed by atoms with Gasteiger partial charge < -0.3 is 10.0 Å². The third-order valence-electron chi connectivity index (χ3n) is 3.28. The van der Waals surface area contributed by atoms with Gasteiger partial charge in [0.1, 0.15) is 6.54 Å². The lowest BCUT2D eigenvalue weighted by atomic mass is 9.96. The highest BCUT2D eigenvalue weighted by Gasteiger charge is 2.36. The molecule has 0 aliphatic carbocycles. The summed E-state index contributed by atoms with van der Waals surface area (Å²) in [5, 5.41) is 8.71. The van der Waals surface area contributed by atoms with E-state index in [9.17, 15) is 22.8 Å². The molecule has 1 heterocycles. The van der Waals surface area contributed by atoms with Crippen LogP contribution in [0.5, 0.6) is 0 Å². The van der Waals surface area contributed by atoms with Gasteiger partial charge in [-0.1, -0.05) is 0 Å². The number of hydrogen-bond acceptors (Lipinski definition) is 3. The number of piperidine rings is 1. The van der Waals surface area contributed by atoms with Gasteiger partial charge >= 0.3 is 12.1 Å². The minimum absolute atomic E-state index is 0. The Kier molecular flexibility index (Phi) is 8.02. The van der Waals surface area contributed by atoms with Crippen LogP contribution in [0, 0.1) is 5.92 Å². The fourth-order valence-corrected chi connectivity index (χ4v) is 2.41. The summed E-state index contributed by atoms with van der Waals surface area (Å²) in [5.74, 6) is -2.09. The van der Waals surface area contributed by atoms with Crippen LogP contribution in [0.25, 0.3) is 0 Å². The van der Waals surface area contributed by atoms with Gasteiger partial charge in [0, 0.05) is 13.1 Å². The van der Waals surface area contributed by atoms with Gasteiger partial charge in [0.05, 0.1) is 12.5 Å². The van der Waals surface area contributed by atoms with Crippen molar-refractivity contribution in [1.82, 2.24) is 9.80 Å². The maximum atomic E-state index is 12.4. The second kappa shape index (κ2) is 8.43. The molecule has 1 atom stereocenters. The van der Waals surface area contributed by atoms with Crippen LogP contribution < -0.4 is 0 Å². The molecule has 0 aromatic rings. The summed E-state index contributed by atoms with van der Waals surface area (Å²) in [5.41, 5.74) is 0. The Morgan fingerprint density at radius 2 is 2.00 bits per heavy atom. The van der Waals surface area contributed by atoms with Crippen LogP contribution >= 0.6 is 12.4 Å². The Labute approximate surface area is 127 Å². The molecule has 1 amide bonds. The third kappa shape index (κ3) is 6.99. The Bertz CT molecular complexity index is 366. The van der Waals surface area contributed by atoms with Crippen molar-refractivity contribution >= 4 is 24.3 Å². The van der Waals surface area contributed by atoms with Gasteiger partial charge in [0.2, 0.25) is 5.91 Å². The number of rotatable bonds is 5. The number of carbonyl (C=O) groups excluding carboxylic acids is 1. The second-order valence-electron chi connectivity index (χ2n) is 4.94. The third-order valence-corrected chi connectivity index (χ3v) is 3.28. The average molecular weight is 333 g/mol. The van der Waals surface area contributed by atoms with Crippen LogP contribution in [0.15, 0.2) is 0 Å². The summed E-state index contributed by atoms with van der Waals surface area (Å²) in [6.07, 6.45) is -3.29. The molecule has 1 rings (SSSR count). The zero-order valence-corrected chi connectivity index (χ0v) is 12.5. The molecule has 1 unspecified atom stereocenters. The predicted octanol–water partition coefficient (Wildman–Crippen LogP) is 1.62. The zero-order valence-electron chi connectivity index (χ0n) is 11.7. The van der Waals surface area contributed by atoms with Crippen molar-refractivity contribution in [2.75, 3.05) is 32.7 Å². The van der Waals surface area contributed by atoms with E-state index in [1.54, 1.807) is 4.90 Å². The highest BCUT2D eigenvalue weighted by molar-refractivity contribution is 5.85. The second-order valence-corrected chi connectivity index (χ2v) is 4.94. The number of aliphatic carboxylic acids is 1. The molecule has 0 bridgehead atoms. The van der Waals surface area contributed by atoms with E-state index in [0.717, 1.165) is 4.90 Å². The van der Waals surface area contributed by atoms with Gasteiger partial charge in [-0.15, -0.1) is 12.4 Å². The van der Waals surface area contributed by atoms with Crippen molar-refractivity contribution in [3.63, 3.8) is 0 Å². The fraction of sp³-hybridized carbons (Fsp3) is 0.833. The Morgan fingerprint density at radius 3 is 2.48 bits per heavy atom. The molecule has 9 heteroatoms. The summed E-state index contributed by atoms with van der Waals surface area (Å²) < 4.78 is 37.2. The SMILES string of the molecule is CCN(CC(F)(F)F)C(=O)C1CCCN(CC(=O)O)C1.Cl. The first-order chi connectivity index (χ1) is 9.23. The molecule has 1 aliphatic heterocycles. The number of nitrogens with zero attached hydrogens (tertiary/aromatic N) is 2. The number of halogens is 4. The van der Waals surface area contributed by atoms with Gasteiger partial charge in [-0.2, -0.15) is 13.2 Å². The average Bonchev–Trinajstić information content (AvgIpc) is 2.33. The van der Waals surface area contributed by atoms with Crippen molar-refractivity contribution in [3.05, 3.63) is 0 Å². The van der Waals surface area contributed by atoms with Crippen LogP contribution in [0.3, 0.4) is 0 Å². The quantitative estimate of drug-likeness (QED) is 0.831. The summed E-state index contributed by atoms with van der Waals surface area (Å²) in [6.45, 7) is 0.823. The van der Waals surface area contributed by atoms with Gasteiger partial charge in [0.15, 0.2) is 0 Å². The molecular weight excluding hydrogens is 313 g/mol. The Balaban J connectivity index is 0.00000400. The largest absolute Gasteiger partial charge is 0.480 e. The molecule has 21 heavy (non-hydrogen) atoms. The van der Waals surface area contributed by atoms with E-state index in [2.05, 4.69) is 0 Å². The molecule has 0 aromatic heterocycles. The number of carboxylic acids is 1. The van der Waals surface area contributed by atoms with Crippen molar-refractivity contribution < 1.29 is 27.9 Å². The molecule has 1 N–H and O–H groups in total. The molecule has 0 saturated carbocycles. The first kappa shape index (κ1) is 20.0. The van der Waals surface area contributed by atoms with E-state index in [4.69, 9.17) is 5.11 Å². The van der Waals surface area contributed by atoms with E-state index in [1.807, 2.05) is 0 Å². The van der Waals surface area contributed by atoms with Crippen molar-refractivity contribution in [2.45, 2.75) is 25.9 Å². The minimum Gasteiger partial charge on any atom is -0.480 e. The number of hydrogen-bond donors (Lipinski definition) is 1. The maximum Gasteiger partial charge on any atom is 0.406 e. The number of carbonyl (C=O) groups is 2. The number of carboxylic acid groups (broad SMARTS) is 1. The fourth-order valence-electron chi connectivity index (χ4n) is 2.41. The standard InChI is InChI=1S/C12H19F3N2O3.ClH/c1-2-17(8-12(13,14)15)11(20)9-4-3-5-16(6-9)7-10(18)19;/h9H,2-8H2,1H3,(H,18,19);1H. The molecule has 5 nitrogen and oxygen atoms in total. The van der Waals surface area contributed by atoms with Crippen molar-refractivity contribution in [2.24, 2.45) is 5.92 Å². The van der Waals surface area contributed by atoms with E-state index in [1.165, 1.54) is 6.92 Å². The molecule has 0 aromatic carbocycles. The predicted molar refractivity (Wildman–Crippen MR) is 72.4 cm³/mol. The topological polar surface area (TPSA) is 60.9 Å². The lowest BCUT2D eigenvalue weighted by molar-refractivity contribution is -0.164. The number of amides is 1. The summed E-state index contributed by atoms with van der Waals surface area (Å²) in [4.78, 5) is 25.1. The zero-order chi connectivity index (χ0) is 15.3. The molecule has 1 fully saturated rings. The van der Waals surface area contributed by atoms with E-state index >= 15 is 0 Å². The van der Waals surface area contributed by atoms with Gasteiger partial charge in [0.25, 0.3) is 0 Å². The van der Waals surface area contributed by atoms with E-state index < -0.39 is 30.5 Å². The Hall–Kier alpha value is -1.02. The summed E-state index contributed by atoms with van der Waals surface area (Å²) >= 11 is 0. The van der Waals surface area contributed by atoms with Crippen LogP contribution in [0.2, 0.25) is 0 Å². The van der Waals surface area contributed by atoms with Crippen LogP contribution in [-0.4, -0.2) is 65.7 Å². The smallest absolute Gasteiger partial charge is 0.406 e. The first-order valence-electron chi connectivity index (χ1n) is 6.52. The van der Waals surface area contributed by atoms with Gasteiger partial charge in [-0.25, -0.2) is 0 Å². The van der Waals surface area contributed by atoms with Gasteiger partial charge in [-0.3, -0.25) is 14.5 Å². The highest BCUT2D eigenvalue weighted by Crippen LogP contribution is 2.22. The van der Waals surface area contributed by atoms with Crippen molar-refractivity contribution in [3.8, 4) is 0 Å². The molecular formula is C12H20ClF3N2O3. The molecule has 0 spiro atoms. The van der Waals surface area contributed by atoms with Crippen LogP contribution in [-0.2, 0) is 9.59 Å². The van der Waals surface area contributed by atoms with Crippen LogP contribution in [0.1, 0.15) is 19.8 Å². The number of alkyl halides is 3. The normalized spacial score (nSPS) is 19.7. The van der Waals surface area contributed by atoms with Crippen LogP contribution in [0.4, 0.5) is 13.2 Å². The number of likely N-dealkylation sites (tertiary alicyclic amines) is 1. The molecule has 0 radical (unpaired) electrons. The Morgan fingerprint density at radius 1 is 1.38 bits per heavy atom. The summed E-state index contributed by atoms with van der Waals surface area (Å²) in [6, 6.07) is 0. The van der Waals surface area contributed by atoms with E-state index in [-0.39, 0.29) is 32.0 Å². The highest BCUT2D eigenvalue weighted by atomic mass is 35.5. The molecule has 1 aliphatic rings. The maximum absolute atomic E-state index is 12.4. The molecule has 124 valence electrons. The lowest BCUT2D eigenvalue weighted by Gasteiger charge is -2.34. The first-order valence-corrected chi connectivity index (χ1v) is 6.52.